The minimum absolute atomic E-state index is 0.193. The van der Waals surface area contributed by atoms with Crippen LogP contribution in [0.1, 0.15) is 45.1 Å². The summed E-state index contributed by atoms with van der Waals surface area (Å²) in [5.74, 6) is -0.673. The first-order chi connectivity index (χ1) is 13.0. The zero-order chi connectivity index (χ0) is 19.8. The second-order valence-corrected chi connectivity index (χ2v) is 6.37. The molecule has 1 aromatic carbocycles. The van der Waals surface area contributed by atoms with Crippen LogP contribution in [0.4, 0.5) is 4.79 Å². The molecule has 8 heteroatoms. The maximum atomic E-state index is 11.9. The predicted molar refractivity (Wildman–Crippen MR) is 102 cm³/mol. The zero-order valence-corrected chi connectivity index (χ0v) is 16.1. The smallest absolute Gasteiger partial charge is 0.328 e. The molecule has 1 saturated heterocycles. The van der Waals surface area contributed by atoms with E-state index in [9.17, 15) is 14.4 Å². The van der Waals surface area contributed by atoms with Crippen molar-refractivity contribution >= 4 is 35.5 Å². The van der Waals surface area contributed by atoms with Crippen molar-refractivity contribution in [2.75, 3.05) is 13.2 Å². The second kappa shape index (κ2) is 9.97. The average molecular weight is 395 g/mol. The summed E-state index contributed by atoms with van der Waals surface area (Å²) in [7, 11) is 0. The van der Waals surface area contributed by atoms with E-state index in [2.05, 4.69) is 6.92 Å². The maximum Gasteiger partial charge on any atom is 0.328 e. The molecule has 0 radical (unpaired) electrons. The van der Waals surface area contributed by atoms with E-state index < -0.39 is 17.8 Å². The van der Waals surface area contributed by atoms with Gasteiger partial charge in [0, 0.05) is 0 Å². The number of unbranched alkanes of at least 4 members (excludes halogenated alkanes) is 3. The molecule has 0 bridgehead atoms. The molecule has 0 unspecified atom stereocenters. The summed E-state index contributed by atoms with van der Waals surface area (Å²) in [6, 6.07) is 2.37. The summed E-state index contributed by atoms with van der Waals surface area (Å²) < 4.78 is 11.4. The van der Waals surface area contributed by atoms with Crippen molar-refractivity contribution in [1.82, 2.24) is 10.6 Å². The fourth-order valence-electron chi connectivity index (χ4n) is 2.55. The number of hydrogen-bond donors (Lipinski definition) is 2. The van der Waals surface area contributed by atoms with Gasteiger partial charge in [0.25, 0.3) is 11.8 Å². The lowest BCUT2D eigenvalue weighted by Gasteiger charge is -2.16. The van der Waals surface area contributed by atoms with E-state index in [1.165, 1.54) is 6.08 Å². The molecule has 2 N–H and O–H groups in total. The van der Waals surface area contributed by atoms with Crippen LogP contribution < -0.4 is 20.1 Å². The Morgan fingerprint density at radius 3 is 2.33 bits per heavy atom. The number of hydrogen-bond acceptors (Lipinski definition) is 5. The van der Waals surface area contributed by atoms with Crippen molar-refractivity contribution in [1.29, 1.82) is 0 Å². The number of carbonyl (C=O) groups is 3. The third-order valence-corrected chi connectivity index (χ3v) is 4.11. The van der Waals surface area contributed by atoms with Crippen molar-refractivity contribution in [3.8, 4) is 11.5 Å². The number of nitrogens with one attached hydrogen (secondary N) is 2. The minimum atomic E-state index is -0.845. The molecular weight excluding hydrogens is 372 g/mol. The number of barbiturate groups is 1. The van der Waals surface area contributed by atoms with Gasteiger partial charge in [0.2, 0.25) is 0 Å². The third kappa shape index (κ3) is 5.72. The van der Waals surface area contributed by atoms with E-state index in [0.717, 1.165) is 25.7 Å². The highest BCUT2D eigenvalue weighted by atomic mass is 35.5. The van der Waals surface area contributed by atoms with Gasteiger partial charge >= 0.3 is 6.03 Å². The monoisotopic (exact) mass is 394 g/mol. The molecule has 7 nitrogen and oxygen atoms in total. The van der Waals surface area contributed by atoms with Crippen LogP contribution in [-0.2, 0) is 9.59 Å². The molecule has 4 amide bonds. The topological polar surface area (TPSA) is 93.7 Å². The molecule has 1 aromatic rings. The van der Waals surface area contributed by atoms with Crippen LogP contribution in [0.3, 0.4) is 0 Å². The Kier molecular flexibility index (Phi) is 7.67. The van der Waals surface area contributed by atoms with Crippen LogP contribution in [0.5, 0.6) is 11.5 Å². The molecule has 0 atom stereocenters. The fraction of sp³-hybridized carbons (Fsp3) is 0.421. The quantitative estimate of drug-likeness (QED) is 0.380. The van der Waals surface area contributed by atoms with Crippen LogP contribution in [0, 0.1) is 0 Å². The largest absolute Gasteiger partial charge is 0.490 e. The summed E-state index contributed by atoms with van der Waals surface area (Å²) in [6.07, 6.45) is 5.62. The van der Waals surface area contributed by atoms with Crippen LogP contribution >= 0.6 is 11.6 Å². The average Bonchev–Trinajstić information content (AvgIpc) is 2.60. The van der Waals surface area contributed by atoms with E-state index in [-0.39, 0.29) is 5.57 Å². The van der Waals surface area contributed by atoms with Crippen molar-refractivity contribution in [3.05, 3.63) is 28.3 Å². The van der Waals surface area contributed by atoms with E-state index in [4.69, 9.17) is 21.1 Å². The molecule has 146 valence electrons. The van der Waals surface area contributed by atoms with Crippen molar-refractivity contribution in [2.24, 2.45) is 0 Å². The Balaban J connectivity index is 2.23. The number of amides is 4. The Labute approximate surface area is 163 Å². The van der Waals surface area contributed by atoms with Gasteiger partial charge < -0.3 is 9.47 Å². The molecule has 0 aromatic heterocycles. The lowest BCUT2D eigenvalue weighted by molar-refractivity contribution is -0.123. The number of imide groups is 2. The highest BCUT2D eigenvalue weighted by Gasteiger charge is 2.27. The Bertz CT molecular complexity index is 739. The molecular formula is C19H23ClN2O5. The van der Waals surface area contributed by atoms with Gasteiger partial charge in [-0.2, -0.15) is 0 Å². The number of carbonyl (C=O) groups excluding carboxylic acids is 3. The fourth-order valence-corrected chi connectivity index (χ4v) is 2.82. The van der Waals surface area contributed by atoms with Crippen molar-refractivity contribution < 1.29 is 23.9 Å². The predicted octanol–water partition coefficient (Wildman–Crippen LogP) is 3.45. The first kappa shape index (κ1) is 20.8. The number of benzene rings is 1. The first-order valence-corrected chi connectivity index (χ1v) is 9.31. The van der Waals surface area contributed by atoms with Gasteiger partial charge in [-0.3, -0.25) is 20.2 Å². The van der Waals surface area contributed by atoms with Gasteiger partial charge in [0.15, 0.2) is 11.5 Å². The standard InChI is InChI=1S/C19H23ClN2O5/c1-3-5-6-7-8-27-16-14(20)10-12(11-15(16)26-4-2)9-13-17(23)21-19(25)22-18(13)24/h9-11H,3-8H2,1-2H3,(H2,21,22,23,24,25). The summed E-state index contributed by atoms with van der Waals surface area (Å²) in [6.45, 7) is 4.89. The van der Waals surface area contributed by atoms with Crippen LogP contribution in [-0.4, -0.2) is 31.1 Å². The van der Waals surface area contributed by atoms with Crippen LogP contribution in [0.2, 0.25) is 5.02 Å². The highest BCUT2D eigenvalue weighted by Crippen LogP contribution is 2.37. The molecule has 1 aliphatic rings. The highest BCUT2D eigenvalue weighted by molar-refractivity contribution is 6.33. The van der Waals surface area contributed by atoms with E-state index in [0.29, 0.717) is 35.3 Å². The molecule has 0 aliphatic carbocycles. The normalized spacial score (nSPS) is 13.9. The van der Waals surface area contributed by atoms with Crippen molar-refractivity contribution in [2.45, 2.75) is 39.5 Å². The molecule has 1 heterocycles. The molecule has 0 spiro atoms. The summed E-state index contributed by atoms with van der Waals surface area (Å²) >= 11 is 6.33. The Morgan fingerprint density at radius 1 is 1.00 bits per heavy atom. The number of halogens is 1. The van der Waals surface area contributed by atoms with Gasteiger partial charge in [-0.25, -0.2) is 4.79 Å². The second-order valence-electron chi connectivity index (χ2n) is 5.97. The van der Waals surface area contributed by atoms with Gasteiger partial charge in [-0.05, 0) is 37.1 Å². The first-order valence-electron chi connectivity index (χ1n) is 8.93. The molecule has 2 rings (SSSR count). The Hall–Kier alpha value is -2.54. The lowest BCUT2D eigenvalue weighted by Crippen LogP contribution is -2.51. The molecule has 1 aliphatic heterocycles. The third-order valence-electron chi connectivity index (χ3n) is 3.83. The minimum Gasteiger partial charge on any atom is -0.490 e. The number of urea groups is 1. The number of ether oxygens (including phenoxy) is 2. The summed E-state index contributed by atoms with van der Waals surface area (Å²) in [4.78, 5) is 34.9. The summed E-state index contributed by atoms with van der Waals surface area (Å²) in [5.41, 5.74) is 0.290. The number of rotatable bonds is 9. The van der Waals surface area contributed by atoms with E-state index >= 15 is 0 Å². The Morgan fingerprint density at radius 2 is 1.70 bits per heavy atom. The molecule has 0 saturated carbocycles. The zero-order valence-electron chi connectivity index (χ0n) is 15.4. The van der Waals surface area contributed by atoms with Gasteiger partial charge in [-0.1, -0.05) is 37.8 Å². The van der Waals surface area contributed by atoms with Crippen LogP contribution in [0.15, 0.2) is 17.7 Å². The SMILES string of the molecule is CCCCCCOc1c(Cl)cc(C=C2C(=O)NC(=O)NC2=O)cc1OCC. The van der Waals surface area contributed by atoms with Crippen LogP contribution in [0.25, 0.3) is 6.08 Å². The van der Waals surface area contributed by atoms with Gasteiger partial charge in [0.1, 0.15) is 5.57 Å². The van der Waals surface area contributed by atoms with E-state index in [1.807, 2.05) is 17.6 Å². The van der Waals surface area contributed by atoms with Crippen molar-refractivity contribution in [3.63, 3.8) is 0 Å². The molecule has 27 heavy (non-hydrogen) atoms. The molecule has 1 fully saturated rings. The lowest BCUT2D eigenvalue weighted by atomic mass is 10.1. The summed E-state index contributed by atoms with van der Waals surface area (Å²) in [5, 5.41) is 4.36. The maximum absolute atomic E-state index is 11.9. The van der Waals surface area contributed by atoms with Gasteiger partial charge in [-0.15, -0.1) is 0 Å². The van der Waals surface area contributed by atoms with E-state index in [1.54, 1.807) is 12.1 Å². The van der Waals surface area contributed by atoms with Gasteiger partial charge in [0.05, 0.1) is 18.2 Å².